The topological polar surface area (TPSA) is 86.8 Å². The van der Waals surface area contributed by atoms with Crippen molar-refractivity contribution in [3.63, 3.8) is 0 Å². The third kappa shape index (κ3) is 4.03. The minimum atomic E-state index is -0.505. The minimum Gasteiger partial charge on any atom is -0.461 e. The van der Waals surface area contributed by atoms with Crippen LogP contribution in [-0.2, 0) is 11.8 Å². The van der Waals surface area contributed by atoms with Crippen molar-refractivity contribution in [3.05, 3.63) is 30.9 Å². The van der Waals surface area contributed by atoms with Crippen LogP contribution >= 0.6 is 0 Å². The van der Waals surface area contributed by atoms with Gasteiger partial charge in [0, 0.05) is 63.2 Å². The normalized spacial score (nSPS) is 19.1. The Kier molecular flexibility index (Phi) is 4.68. The highest BCUT2D eigenvalue weighted by molar-refractivity contribution is 5.68. The predicted molar refractivity (Wildman–Crippen MR) is 107 cm³/mol. The van der Waals surface area contributed by atoms with Crippen LogP contribution in [0.3, 0.4) is 0 Å². The first kappa shape index (κ1) is 19.2. The number of hydrogen-bond donors (Lipinski definition) is 0. The van der Waals surface area contributed by atoms with Crippen molar-refractivity contribution < 1.29 is 14.3 Å². The van der Waals surface area contributed by atoms with Gasteiger partial charge in [0.25, 0.3) is 0 Å². The Bertz CT molecular complexity index is 1030. The van der Waals surface area contributed by atoms with Gasteiger partial charge in [-0.05, 0) is 20.8 Å². The Labute approximate surface area is 169 Å². The highest BCUT2D eigenvalue weighted by Crippen LogP contribution is 2.31. The van der Waals surface area contributed by atoms with Crippen molar-refractivity contribution in [2.75, 3.05) is 7.05 Å². The molecule has 0 N–H and O–H groups in total. The second kappa shape index (κ2) is 7.06. The molecule has 154 valence electrons. The molecule has 3 aromatic rings. The molecule has 1 saturated carbocycles. The van der Waals surface area contributed by atoms with Gasteiger partial charge in [-0.3, -0.25) is 9.08 Å². The lowest BCUT2D eigenvalue weighted by Gasteiger charge is -2.40. The first-order chi connectivity index (χ1) is 13.7. The van der Waals surface area contributed by atoms with Crippen molar-refractivity contribution in [1.82, 2.24) is 29.0 Å². The van der Waals surface area contributed by atoms with Crippen LogP contribution in [0.4, 0.5) is 4.79 Å². The van der Waals surface area contributed by atoms with Crippen LogP contribution in [0.25, 0.3) is 16.9 Å². The van der Waals surface area contributed by atoms with E-state index in [4.69, 9.17) is 9.47 Å². The van der Waals surface area contributed by atoms with Crippen LogP contribution in [0.2, 0.25) is 0 Å². The second-order valence-electron chi connectivity index (χ2n) is 8.44. The molecule has 0 saturated heterocycles. The highest BCUT2D eigenvalue weighted by atomic mass is 16.6. The molecule has 0 spiro atoms. The molecule has 0 bridgehead atoms. The van der Waals surface area contributed by atoms with E-state index in [1.54, 1.807) is 29.0 Å². The summed E-state index contributed by atoms with van der Waals surface area (Å²) in [7, 11) is 3.63. The first-order valence-corrected chi connectivity index (χ1v) is 9.65. The third-order valence-corrected chi connectivity index (χ3v) is 4.93. The number of ether oxygens (including phenoxy) is 2. The summed E-state index contributed by atoms with van der Waals surface area (Å²) in [6, 6.07) is 2.49. The van der Waals surface area contributed by atoms with E-state index in [0.717, 1.165) is 29.7 Å². The summed E-state index contributed by atoms with van der Waals surface area (Å²) < 4.78 is 15.2. The molecule has 3 aromatic heterocycles. The van der Waals surface area contributed by atoms with Crippen molar-refractivity contribution in [1.29, 1.82) is 0 Å². The molecule has 9 nitrogen and oxygen atoms in total. The molecule has 1 aliphatic rings. The monoisotopic (exact) mass is 398 g/mol. The lowest BCUT2D eigenvalue weighted by Crippen LogP contribution is -2.51. The average molecular weight is 398 g/mol. The van der Waals surface area contributed by atoms with Crippen LogP contribution in [0, 0.1) is 0 Å². The molecule has 3 heterocycles. The van der Waals surface area contributed by atoms with Crippen LogP contribution in [0.1, 0.15) is 33.6 Å². The zero-order chi connectivity index (χ0) is 20.8. The minimum absolute atomic E-state index is 0.0212. The summed E-state index contributed by atoms with van der Waals surface area (Å²) in [5.41, 5.74) is 1.91. The molecule has 0 unspecified atom stereocenters. The van der Waals surface area contributed by atoms with Crippen molar-refractivity contribution >= 4 is 11.7 Å². The maximum Gasteiger partial charge on any atom is 0.410 e. The molecular weight excluding hydrogens is 372 g/mol. The van der Waals surface area contributed by atoms with Gasteiger partial charge in [0.05, 0.1) is 11.9 Å². The quantitative estimate of drug-likeness (QED) is 0.672. The van der Waals surface area contributed by atoms with Crippen molar-refractivity contribution in [3.8, 4) is 17.3 Å². The second-order valence-corrected chi connectivity index (χ2v) is 8.44. The maximum atomic E-state index is 12.2. The number of imidazole rings is 1. The number of aromatic nitrogens is 5. The lowest BCUT2D eigenvalue weighted by molar-refractivity contribution is -0.0109. The summed E-state index contributed by atoms with van der Waals surface area (Å²) in [6.07, 6.45) is 8.34. The van der Waals surface area contributed by atoms with E-state index in [0.29, 0.717) is 6.01 Å². The molecule has 0 aliphatic heterocycles. The SMILES string of the molecule is CN(C(=O)OC(C)(C)C)C1CC(Oc2nc(-c3cnn(C)c3)cc3nccn23)C1. The maximum absolute atomic E-state index is 12.2. The number of aryl methyl sites for hydroxylation is 1. The molecule has 4 rings (SSSR count). The van der Waals surface area contributed by atoms with E-state index < -0.39 is 5.60 Å². The van der Waals surface area contributed by atoms with E-state index in [1.807, 2.05) is 50.7 Å². The Morgan fingerprint density at radius 1 is 1.31 bits per heavy atom. The Balaban J connectivity index is 1.46. The van der Waals surface area contributed by atoms with Crippen LogP contribution in [0.15, 0.2) is 30.9 Å². The average Bonchev–Trinajstić information content (AvgIpc) is 3.24. The van der Waals surface area contributed by atoms with Crippen molar-refractivity contribution in [2.24, 2.45) is 7.05 Å². The van der Waals surface area contributed by atoms with Gasteiger partial charge in [0.15, 0.2) is 0 Å². The van der Waals surface area contributed by atoms with Gasteiger partial charge in [-0.15, -0.1) is 0 Å². The number of nitrogens with zero attached hydrogens (tertiary/aromatic N) is 6. The van der Waals surface area contributed by atoms with E-state index >= 15 is 0 Å². The van der Waals surface area contributed by atoms with E-state index in [2.05, 4.69) is 15.1 Å². The van der Waals surface area contributed by atoms with E-state index in [1.165, 1.54) is 0 Å². The van der Waals surface area contributed by atoms with Gasteiger partial charge in [-0.2, -0.15) is 10.1 Å². The number of hydrogen-bond acceptors (Lipinski definition) is 6. The van der Waals surface area contributed by atoms with Gasteiger partial charge in [0.2, 0.25) is 0 Å². The Hall–Kier alpha value is -3.10. The van der Waals surface area contributed by atoms with Gasteiger partial charge < -0.3 is 14.4 Å². The molecule has 9 heteroatoms. The molecule has 29 heavy (non-hydrogen) atoms. The first-order valence-electron chi connectivity index (χ1n) is 9.65. The fraction of sp³-hybridized carbons (Fsp3) is 0.500. The molecule has 1 amide bonds. The van der Waals surface area contributed by atoms with Gasteiger partial charge >= 0.3 is 12.1 Å². The number of carbonyl (C=O) groups is 1. The van der Waals surface area contributed by atoms with Gasteiger partial charge in [0.1, 0.15) is 17.4 Å². The molecule has 1 aliphatic carbocycles. The van der Waals surface area contributed by atoms with Gasteiger partial charge in [-0.25, -0.2) is 9.78 Å². The smallest absolute Gasteiger partial charge is 0.410 e. The summed E-state index contributed by atoms with van der Waals surface area (Å²) in [4.78, 5) is 22.9. The lowest BCUT2D eigenvalue weighted by atomic mass is 9.88. The predicted octanol–water partition coefficient (Wildman–Crippen LogP) is 2.91. The Morgan fingerprint density at radius 2 is 2.07 bits per heavy atom. The van der Waals surface area contributed by atoms with Crippen LogP contribution in [-0.4, -0.2) is 59.9 Å². The summed E-state index contributed by atoms with van der Waals surface area (Å²) in [5.74, 6) is 0. The van der Waals surface area contributed by atoms with Crippen LogP contribution < -0.4 is 4.74 Å². The largest absolute Gasteiger partial charge is 0.461 e. The number of amides is 1. The van der Waals surface area contributed by atoms with Crippen molar-refractivity contribution in [2.45, 2.75) is 51.4 Å². The molecule has 0 aromatic carbocycles. The zero-order valence-electron chi connectivity index (χ0n) is 17.4. The van der Waals surface area contributed by atoms with Gasteiger partial charge in [-0.1, -0.05) is 0 Å². The Morgan fingerprint density at radius 3 is 2.72 bits per heavy atom. The summed E-state index contributed by atoms with van der Waals surface area (Å²) in [5, 5.41) is 4.21. The zero-order valence-corrected chi connectivity index (χ0v) is 17.4. The molecular formula is C20H26N6O3. The van der Waals surface area contributed by atoms with E-state index in [-0.39, 0.29) is 18.2 Å². The number of rotatable bonds is 4. The molecule has 1 fully saturated rings. The summed E-state index contributed by atoms with van der Waals surface area (Å²) in [6.45, 7) is 5.59. The summed E-state index contributed by atoms with van der Waals surface area (Å²) >= 11 is 0. The number of fused-ring (bicyclic) bond motifs is 1. The third-order valence-electron chi connectivity index (χ3n) is 4.93. The fourth-order valence-electron chi connectivity index (χ4n) is 3.26. The molecule has 0 atom stereocenters. The molecule has 0 radical (unpaired) electrons. The highest BCUT2D eigenvalue weighted by Gasteiger charge is 2.38. The van der Waals surface area contributed by atoms with Crippen LogP contribution in [0.5, 0.6) is 6.01 Å². The standard InChI is InChI=1S/C20H26N6O3/c1-20(2,3)29-19(27)25(5)14-8-15(9-14)28-18-23-16(13-11-22-24(4)12-13)10-17-21-6-7-26(17)18/h6-7,10-12,14-15H,8-9H2,1-5H3. The van der Waals surface area contributed by atoms with E-state index in [9.17, 15) is 4.79 Å². The fourth-order valence-corrected chi connectivity index (χ4v) is 3.26. The number of carbonyl (C=O) groups excluding carboxylic acids is 1.